The number of rotatable bonds is 3. The van der Waals surface area contributed by atoms with Gasteiger partial charge in [-0.3, -0.25) is 9.69 Å². The Morgan fingerprint density at radius 2 is 1.44 bits per heavy atom. The van der Waals surface area contributed by atoms with Gasteiger partial charge in [0.05, 0.1) is 5.54 Å². The van der Waals surface area contributed by atoms with Crippen LogP contribution < -0.4 is 5.73 Å². The number of likely N-dealkylation sites (N-methyl/N-ethyl adjacent to an activating group) is 1. The van der Waals surface area contributed by atoms with Gasteiger partial charge in [0, 0.05) is 26.2 Å². The zero-order chi connectivity index (χ0) is 14.8. The van der Waals surface area contributed by atoms with Gasteiger partial charge in [-0.25, -0.2) is 0 Å². The molecule has 1 amide bonds. The molecule has 0 atom stereocenters. The first-order valence-corrected chi connectivity index (χ1v) is 7.25. The second-order valence-electron chi connectivity index (χ2n) is 4.34. The van der Waals surface area contributed by atoms with Crippen molar-refractivity contribution in [2.45, 2.75) is 54.0 Å². The van der Waals surface area contributed by atoms with Gasteiger partial charge < -0.3 is 10.6 Å². The van der Waals surface area contributed by atoms with Crippen LogP contribution in [0.2, 0.25) is 0 Å². The van der Waals surface area contributed by atoms with Crippen molar-refractivity contribution in [2.75, 3.05) is 32.7 Å². The minimum absolute atomic E-state index is 0.234. The fourth-order valence-electron chi connectivity index (χ4n) is 1.78. The van der Waals surface area contributed by atoms with Crippen LogP contribution in [0.1, 0.15) is 48.5 Å². The number of amides is 1. The Balaban J connectivity index is 0. The van der Waals surface area contributed by atoms with Crippen molar-refractivity contribution >= 4 is 5.91 Å². The fourth-order valence-corrected chi connectivity index (χ4v) is 1.78. The van der Waals surface area contributed by atoms with Crippen molar-refractivity contribution in [1.29, 1.82) is 0 Å². The molecule has 1 aliphatic rings. The molecule has 2 N–H and O–H groups in total. The third-order valence-corrected chi connectivity index (χ3v) is 3.21. The van der Waals surface area contributed by atoms with Gasteiger partial charge in [-0.2, -0.15) is 0 Å². The molecule has 0 aromatic heterocycles. The average Bonchev–Trinajstić information content (AvgIpc) is 2.43. The highest BCUT2D eigenvalue weighted by Gasteiger charge is 2.34. The number of nitrogens with zero attached hydrogens (tertiary/aromatic N) is 2. The highest BCUT2D eigenvalue weighted by molar-refractivity contribution is 5.83. The number of carbonyl (C=O) groups is 1. The van der Waals surface area contributed by atoms with E-state index >= 15 is 0 Å². The maximum atomic E-state index is 11.2. The van der Waals surface area contributed by atoms with Crippen molar-refractivity contribution in [3.63, 3.8) is 0 Å². The van der Waals surface area contributed by atoms with Gasteiger partial charge in [0.1, 0.15) is 0 Å². The molecule has 0 bridgehead atoms. The summed E-state index contributed by atoms with van der Waals surface area (Å²) in [5.41, 5.74) is 4.87. The van der Waals surface area contributed by atoms with Crippen LogP contribution in [0.15, 0.2) is 0 Å². The average molecular weight is 259 g/mol. The topological polar surface area (TPSA) is 49.6 Å². The molecule has 1 rings (SSSR count). The minimum Gasteiger partial charge on any atom is -0.368 e. The first-order valence-electron chi connectivity index (χ1n) is 7.25. The Morgan fingerprint density at radius 1 is 1.06 bits per heavy atom. The second-order valence-corrected chi connectivity index (χ2v) is 4.34. The third-order valence-electron chi connectivity index (χ3n) is 3.21. The molecule has 0 spiro atoms. The first-order chi connectivity index (χ1) is 8.48. The number of carbonyl (C=O) groups excluding carboxylic acids is 1. The van der Waals surface area contributed by atoms with Crippen LogP contribution in [0, 0.1) is 0 Å². The molecular formula is C14H33N3O. The summed E-state index contributed by atoms with van der Waals surface area (Å²) in [5, 5.41) is 0. The van der Waals surface area contributed by atoms with Crippen LogP contribution in [-0.2, 0) is 4.79 Å². The summed E-state index contributed by atoms with van der Waals surface area (Å²) in [6, 6.07) is 0. The monoisotopic (exact) mass is 259 g/mol. The van der Waals surface area contributed by atoms with Crippen LogP contribution in [0.5, 0.6) is 0 Å². The zero-order valence-corrected chi connectivity index (χ0v) is 13.4. The van der Waals surface area contributed by atoms with Crippen LogP contribution in [-0.4, -0.2) is 54.0 Å². The first kappa shape index (κ1) is 19.7. The molecule has 4 heteroatoms. The Labute approximate surface area is 114 Å². The lowest BCUT2D eigenvalue weighted by Crippen LogP contribution is -2.59. The summed E-state index contributed by atoms with van der Waals surface area (Å²) in [6.07, 6.45) is 0. The minimum atomic E-state index is -0.500. The van der Waals surface area contributed by atoms with E-state index in [2.05, 4.69) is 16.7 Å². The van der Waals surface area contributed by atoms with E-state index in [0.29, 0.717) is 0 Å². The van der Waals surface area contributed by atoms with Gasteiger partial charge in [-0.1, -0.05) is 34.6 Å². The molecule has 18 heavy (non-hydrogen) atoms. The lowest BCUT2D eigenvalue weighted by Gasteiger charge is -2.41. The third kappa shape index (κ3) is 5.83. The molecule has 4 nitrogen and oxygen atoms in total. The van der Waals surface area contributed by atoms with Crippen molar-refractivity contribution < 1.29 is 4.79 Å². The molecule has 0 saturated carbocycles. The molecule has 0 aromatic carbocycles. The summed E-state index contributed by atoms with van der Waals surface area (Å²) < 4.78 is 0. The van der Waals surface area contributed by atoms with Gasteiger partial charge >= 0.3 is 0 Å². The predicted molar refractivity (Wildman–Crippen MR) is 79.7 cm³/mol. The Morgan fingerprint density at radius 3 is 1.72 bits per heavy atom. The van der Waals surface area contributed by atoms with Gasteiger partial charge in [0.15, 0.2) is 0 Å². The molecule has 1 heterocycles. The molecule has 0 radical (unpaired) electrons. The van der Waals surface area contributed by atoms with Crippen molar-refractivity contribution in [3.8, 4) is 0 Å². The summed E-state index contributed by atoms with van der Waals surface area (Å²) in [4.78, 5) is 15.8. The highest BCUT2D eigenvalue weighted by Crippen LogP contribution is 2.16. The van der Waals surface area contributed by atoms with E-state index in [1.54, 1.807) is 0 Å². The van der Waals surface area contributed by atoms with Gasteiger partial charge in [-0.05, 0) is 20.4 Å². The summed E-state index contributed by atoms with van der Waals surface area (Å²) in [7, 11) is 0. The SMILES string of the molecule is CC.CC.CCN1CCN(C(C)(C)C(N)=O)CC1. The summed E-state index contributed by atoms with van der Waals surface area (Å²) in [5.74, 6) is -0.234. The van der Waals surface area contributed by atoms with Gasteiger partial charge in [-0.15, -0.1) is 0 Å². The van der Waals surface area contributed by atoms with E-state index in [0.717, 1.165) is 32.7 Å². The Hall–Kier alpha value is -0.610. The van der Waals surface area contributed by atoms with Crippen molar-refractivity contribution in [1.82, 2.24) is 9.80 Å². The standard InChI is InChI=1S/C10H21N3O.2C2H6/c1-4-12-5-7-13(8-6-12)10(2,3)9(11)14;2*1-2/h4-8H2,1-3H3,(H2,11,14);2*1-2H3. The molecule has 0 aromatic rings. The summed E-state index contributed by atoms with van der Waals surface area (Å²) >= 11 is 0. The lowest BCUT2D eigenvalue weighted by atomic mass is 10.0. The number of primary amides is 1. The second kappa shape index (κ2) is 10.3. The zero-order valence-electron chi connectivity index (χ0n) is 13.4. The Bertz CT molecular complexity index is 209. The molecule has 110 valence electrons. The van der Waals surface area contributed by atoms with Crippen molar-refractivity contribution in [2.24, 2.45) is 5.73 Å². The predicted octanol–water partition coefficient (Wildman–Crippen LogP) is 1.94. The summed E-state index contributed by atoms with van der Waals surface area (Å²) in [6.45, 7) is 19.0. The Kier molecular flexibility index (Phi) is 11.3. The quantitative estimate of drug-likeness (QED) is 0.842. The van der Waals surface area contributed by atoms with E-state index in [-0.39, 0.29) is 5.91 Å². The molecule has 0 aliphatic carbocycles. The van der Waals surface area contributed by atoms with Crippen LogP contribution >= 0.6 is 0 Å². The van der Waals surface area contributed by atoms with Gasteiger partial charge in [0.25, 0.3) is 0 Å². The van der Waals surface area contributed by atoms with Crippen LogP contribution in [0.25, 0.3) is 0 Å². The van der Waals surface area contributed by atoms with Crippen molar-refractivity contribution in [3.05, 3.63) is 0 Å². The van der Waals surface area contributed by atoms with E-state index in [4.69, 9.17) is 5.73 Å². The lowest BCUT2D eigenvalue weighted by molar-refractivity contribution is -0.129. The van der Waals surface area contributed by atoms with Gasteiger partial charge in [0.2, 0.25) is 5.91 Å². The molecule has 1 saturated heterocycles. The van der Waals surface area contributed by atoms with E-state index < -0.39 is 5.54 Å². The van der Waals surface area contributed by atoms with Crippen LogP contribution in [0.4, 0.5) is 0 Å². The molecule has 1 aliphatic heterocycles. The highest BCUT2D eigenvalue weighted by atomic mass is 16.1. The van der Waals surface area contributed by atoms with E-state index in [1.807, 2.05) is 41.5 Å². The smallest absolute Gasteiger partial charge is 0.237 e. The van der Waals surface area contributed by atoms with E-state index in [1.165, 1.54) is 0 Å². The van der Waals surface area contributed by atoms with E-state index in [9.17, 15) is 4.79 Å². The number of hydrogen-bond donors (Lipinski definition) is 1. The maximum Gasteiger partial charge on any atom is 0.237 e. The number of nitrogens with two attached hydrogens (primary N) is 1. The molecule has 0 unspecified atom stereocenters. The maximum absolute atomic E-state index is 11.2. The fraction of sp³-hybridized carbons (Fsp3) is 0.929. The normalized spacial score (nSPS) is 17.1. The molecular weight excluding hydrogens is 226 g/mol. The number of hydrogen-bond acceptors (Lipinski definition) is 3. The largest absolute Gasteiger partial charge is 0.368 e. The number of piperazine rings is 1. The van der Waals surface area contributed by atoms with Crippen LogP contribution in [0.3, 0.4) is 0 Å². The molecule has 1 fully saturated rings.